The second kappa shape index (κ2) is 6.20. The number of aromatic nitrogens is 4. The molecule has 1 aliphatic heterocycles. The maximum atomic E-state index is 13.1. The number of aromatic amines is 1. The minimum absolute atomic E-state index is 0.0674. The standard InChI is InChI=1S/C19H21N5O/c1-13-20-18(22-21-13)14-6-3-7-15(12-14)19(25)24-11-5-9-17(24)16-8-4-10-23(16)2/h3-4,6-8,10,12,17H,5,9,11H2,1-2H3,(H,20,21,22)/t17-/m1/s1. The van der Waals surface area contributed by atoms with Crippen molar-refractivity contribution in [3.8, 4) is 11.4 Å². The van der Waals surface area contributed by atoms with Crippen LogP contribution in [0, 0.1) is 6.92 Å². The van der Waals surface area contributed by atoms with Gasteiger partial charge in [-0.2, -0.15) is 5.10 Å². The van der Waals surface area contributed by atoms with E-state index in [1.807, 2.05) is 55.4 Å². The minimum Gasteiger partial charge on any atom is -0.353 e. The molecule has 1 aliphatic rings. The number of likely N-dealkylation sites (tertiary alicyclic amines) is 1. The maximum Gasteiger partial charge on any atom is 0.254 e. The predicted molar refractivity (Wildman–Crippen MR) is 95.0 cm³/mol. The largest absolute Gasteiger partial charge is 0.353 e. The Morgan fingerprint density at radius 1 is 1.28 bits per heavy atom. The van der Waals surface area contributed by atoms with E-state index in [1.54, 1.807) is 0 Å². The Labute approximate surface area is 146 Å². The number of benzene rings is 1. The molecule has 1 atom stereocenters. The molecule has 1 fully saturated rings. The zero-order valence-electron chi connectivity index (χ0n) is 14.4. The molecule has 0 spiro atoms. The van der Waals surface area contributed by atoms with Crippen molar-refractivity contribution >= 4 is 5.91 Å². The summed E-state index contributed by atoms with van der Waals surface area (Å²) in [6.45, 7) is 2.65. The molecule has 128 valence electrons. The monoisotopic (exact) mass is 335 g/mol. The van der Waals surface area contributed by atoms with E-state index >= 15 is 0 Å². The van der Waals surface area contributed by atoms with Crippen molar-refractivity contribution in [2.24, 2.45) is 7.05 Å². The molecular weight excluding hydrogens is 314 g/mol. The number of hydrogen-bond donors (Lipinski definition) is 1. The van der Waals surface area contributed by atoms with Crippen molar-refractivity contribution in [2.75, 3.05) is 6.54 Å². The van der Waals surface area contributed by atoms with Crippen molar-refractivity contribution in [2.45, 2.75) is 25.8 Å². The molecule has 1 N–H and O–H groups in total. The van der Waals surface area contributed by atoms with Crippen molar-refractivity contribution in [1.82, 2.24) is 24.6 Å². The second-order valence-corrected chi connectivity index (χ2v) is 6.53. The quantitative estimate of drug-likeness (QED) is 0.800. The van der Waals surface area contributed by atoms with E-state index in [2.05, 4.69) is 25.8 Å². The molecule has 0 radical (unpaired) electrons. The van der Waals surface area contributed by atoms with Crippen LogP contribution in [0.5, 0.6) is 0 Å². The van der Waals surface area contributed by atoms with E-state index in [0.29, 0.717) is 11.4 Å². The van der Waals surface area contributed by atoms with E-state index in [4.69, 9.17) is 0 Å². The van der Waals surface area contributed by atoms with Crippen molar-refractivity contribution in [1.29, 1.82) is 0 Å². The molecule has 0 bridgehead atoms. The fraction of sp³-hybridized carbons (Fsp3) is 0.316. The van der Waals surface area contributed by atoms with Crippen LogP contribution in [0.4, 0.5) is 0 Å². The highest BCUT2D eigenvalue weighted by Gasteiger charge is 2.32. The van der Waals surface area contributed by atoms with Gasteiger partial charge in [-0.25, -0.2) is 4.98 Å². The Bertz CT molecular complexity index is 910. The molecule has 1 aromatic carbocycles. The summed E-state index contributed by atoms with van der Waals surface area (Å²) in [6.07, 6.45) is 4.06. The molecule has 3 aromatic rings. The fourth-order valence-electron chi connectivity index (χ4n) is 3.57. The van der Waals surface area contributed by atoms with Gasteiger partial charge in [0.15, 0.2) is 5.82 Å². The highest BCUT2D eigenvalue weighted by molar-refractivity contribution is 5.95. The third-order valence-corrected chi connectivity index (χ3v) is 4.80. The molecule has 3 heterocycles. The number of aryl methyl sites for hydroxylation is 2. The third-order valence-electron chi connectivity index (χ3n) is 4.80. The van der Waals surface area contributed by atoms with E-state index in [1.165, 1.54) is 5.69 Å². The van der Waals surface area contributed by atoms with Gasteiger partial charge in [-0.15, -0.1) is 0 Å². The molecule has 1 amide bonds. The van der Waals surface area contributed by atoms with E-state index in [0.717, 1.165) is 30.8 Å². The predicted octanol–water partition coefficient (Wildman–Crippen LogP) is 3.10. The van der Waals surface area contributed by atoms with E-state index in [9.17, 15) is 4.79 Å². The number of nitrogens with zero attached hydrogens (tertiary/aromatic N) is 4. The maximum absolute atomic E-state index is 13.1. The summed E-state index contributed by atoms with van der Waals surface area (Å²) >= 11 is 0. The lowest BCUT2D eigenvalue weighted by atomic mass is 10.1. The molecule has 1 saturated heterocycles. The van der Waals surface area contributed by atoms with Crippen LogP contribution in [-0.4, -0.2) is 37.1 Å². The first-order chi connectivity index (χ1) is 12.1. The van der Waals surface area contributed by atoms with Crippen LogP contribution >= 0.6 is 0 Å². The minimum atomic E-state index is 0.0674. The fourth-order valence-corrected chi connectivity index (χ4v) is 3.57. The van der Waals surface area contributed by atoms with Crippen LogP contribution in [0.25, 0.3) is 11.4 Å². The number of H-pyrrole nitrogens is 1. The molecule has 6 heteroatoms. The molecule has 6 nitrogen and oxygen atoms in total. The number of hydrogen-bond acceptors (Lipinski definition) is 3. The van der Waals surface area contributed by atoms with Gasteiger partial charge in [0.1, 0.15) is 5.82 Å². The Kier molecular flexibility index (Phi) is 3.87. The molecule has 25 heavy (non-hydrogen) atoms. The van der Waals surface area contributed by atoms with Crippen LogP contribution in [0.3, 0.4) is 0 Å². The molecule has 2 aromatic heterocycles. The average Bonchev–Trinajstić information content (AvgIpc) is 3.34. The topological polar surface area (TPSA) is 66.8 Å². The SMILES string of the molecule is Cc1nc(-c2cccc(C(=O)N3CCC[C@@H]3c3cccn3C)c2)n[nH]1. The number of rotatable bonds is 3. The lowest BCUT2D eigenvalue weighted by molar-refractivity contribution is 0.0731. The first-order valence-corrected chi connectivity index (χ1v) is 8.55. The Hall–Kier alpha value is -2.89. The zero-order chi connectivity index (χ0) is 17.4. The Morgan fingerprint density at radius 2 is 2.16 bits per heavy atom. The van der Waals surface area contributed by atoms with Crippen molar-refractivity contribution in [3.63, 3.8) is 0 Å². The summed E-state index contributed by atoms with van der Waals surface area (Å²) in [4.78, 5) is 19.5. The van der Waals surface area contributed by atoms with Crippen molar-refractivity contribution < 1.29 is 4.79 Å². The van der Waals surface area contributed by atoms with Gasteiger partial charge in [0.25, 0.3) is 5.91 Å². The van der Waals surface area contributed by atoms with Crippen molar-refractivity contribution in [3.05, 3.63) is 59.7 Å². The smallest absolute Gasteiger partial charge is 0.254 e. The van der Waals surface area contributed by atoms with Gasteiger partial charge in [-0.05, 0) is 44.0 Å². The van der Waals surface area contributed by atoms with Gasteiger partial charge in [0.05, 0.1) is 6.04 Å². The summed E-state index contributed by atoms with van der Waals surface area (Å²) in [7, 11) is 2.03. The molecule has 0 saturated carbocycles. The number of amides is 1. The van der Waals surface area contributed by atoms with Crippen LogP contribution in [0.15, 0.2) is 42.6 Å². The first-order valence-electron chi connectivity index (χ1n) is 8.55. The van der Waals surface area contributed by atoms with Gasteiger partial charge in [0.2, 0.25) is 0 Å². The zero-order valence-corrected chi connectivity index (χ0v) is 14.4. The molecular formula is C19H21N5O. The third kappa shape index (κ3) is 2.84. The number of carbonyl (C=O) groups is 1. The molecule has 0 unspecified atom stereocenters. The van der Waals surface area contributed by atoms with E-state index in [-0.39, 0.29) is 11.9 Å². The van der Waals surface area contributed by atoms with Gasteiger partial charge in [-0.3, -0.25) is 9.89 Å². The number of carbonyl (C=O) groups excluding carboxylic acids is 1. The van der Waals surface area contributed by atoms with Crippen LogP contribution in [0.1, 0.15) is 40.8 Å². The van der Waals surface area contributed by atoms with Crippen LogP contribution < -0.4 is 0 Å². The summed E-state index contributed by atoms with van der Waals surface area (Å²) in [5.41, 5.74) is 2.72. The highest BCUT2D eigenvalue weighted by Crippen LogP contribution is 2.33. The average molecular weight is 335 g/mol. The van der Waals surface area contributed by atoms with E-state index < -0.39 is 0 Å². The Morgan fingerprint density at radius 3 is 2.88 bits per heavy atom. The van der Waals surface area contributed by atoms with Gasteiger partial charge >= 0.3 is 0 Å². The van der Waals surface area contributed by atoms with Gasteiger partial charge in [0, 0.05) is 36.6 Å². The Balaban J connectivity index is 1.63. The normalized spacial score (nSPS) is 17.2. The van der Waals surface area contributed by atoms with Gasteiger partial charge < -0.3 is 9.47 Å². The number of nitrogens with one attached hydrogen (secondary N) is 1. The lowest BCUT2D eigenvalue weighted by Crippen LogP contribution is -2.31. The van der Waals surface area contributed by atoms with Crippen LogP contribution in [0.2, 0.25) is 0 Å². The lowest BCUT2D eigenvalue weighted by Gasteiger charge is -2.25. The summed E-state index contributed by atoms with van der Waals surface area (Å²) in [6, 6.07) is 11.8. The summed E-state index contributed by atoms with van der Waals surface area (Å²) in [5.74, 6) is 1.44. The first kappa shape index (κ1) is 15.6. The van der Waals surface area contributed by atoms with Crippen LogP contribution in [-0.2, 0) is 7.05 Å². The molecule has 0 aliphatic carbocycles. The summed E-state index contributed by atoms with van der Waals surface area (Å²) in [5, 5.41) is 7.03. The highest BCUT2D eigenvalue weighted by atomic mass is 16.2. The second-order valence-electron chi connectivity index (χ2n) is 6.53. The van der Waals surface area contributed by atoms with Gasteiger partial charge in [-0.1, -0.05) is 12.1 Å². The summed E-state index contributed by atoms with van der Waals surface area (Å²) < 4.78 is 2.10. The molecule has 4 rings (SSSR count).